The summed E-state index contributed by atoms with van der Waals surface area (Å²) in [6.45, 7) is 7.11. The Kier molecular flexibility index (Phi) is 8.40. The Labute approximate surface area is 231 Å². The number of amides is 1. The van der Waals surface area contributed by atoms with Gasteiger partial charge in [0.15, 0.2) is 5.69 Å². The number of hydrogen-bond acceptors (Lipinski definition) is 7. The smallest absolute Gasteiger partial charge is 0.356 e. The molecular weight excluding hydrogens is 536 g/mol. The predicted molar refractivity (Wildman–Crippen MR) is 147 cm³/mol. The molecule has 210 valence electrons. The number of anilines is 1. The maximum Gasteiger partial charge on any atom is 0.356 e. The molecule has 0 fully saturated rings. The zero-order chi connectivity index (χ0) is 29.0. The average Bonchev–Trinajstić information content (AvgIpc) is 3.52. The van der Waals surface area contributed by atoms with Crippen molar-refractivity contribution in [3.63, 3.8) is 0 Å². The summed E-state index contributed by atoms with van der Waals surface area (Å²) in [5, 5.41) is 16.6. The van der Waals surface area contributed by atoms with E-state index in [2.05, 4.69) is 15.1 Å². The van der Waals surface area contributed by atoms with E-state index in [4.69, 9.17) is 9.15 Å². The second-order valence-electron chi connectivity index (χ2n) is 9.64. The summed E-state index contributed by atoms with van der Waals surface area (Å²) in [5.41, 5.74) is 1.72. The first-order chi connectivity index (χ1) is 18.9. The van der Waals surface area contributed by atoms with Crippen molar-refractivity contribution >= 4 is 27.6 Å². The first-order valence-electron chi connectivity index (χ1n) is 12.5. The summed E-state index contributed by atoms with van der Waals surface area (Å²) in [7, 11) is -4.21. The zero-order valence-electron chi connectivity index (χ0n) is 22.5. The monoisotopic (exact) mass is 566 g/mol. The molecule has 0 bridgehead atoms. The van der Waals surface area contributed by atoms with Crippen molar-refractivity contribution in [2.75, 3.05) is 5.32 Å². The van der Waals surface area contributed by atoms with Gasteiger partial charge in [0.1, 0.15) is 16.4 Å². The third-order valence-corrected chi connectivity index (χ3v) is 7.31. The molecule has 0 radical (unpaired) electrons. The van der Waals surface area contributed by atoms with Gasteiger partial charge in [0, 0.05) is 17.7 Å². The molecule has 4 rings (SSSR count). The molecule has 2 aromatic carbocycles. The molecule has 2 heterocycles. The maximum absolute atomic E-state index is 13.5. The van der Waals surface area contributed by atoms with E-state index in [0.717, 1.165) is 5.56 Å². The minimum Gasteiger partial charge on any atom is -0.476 e. The van der Waals surface area contributed by atoms with Gasteiger partial charge in [0.2, 0.25) is 21.8 Å². The zero-order valence-corrected chi connectivity index (χ0v) is 23.3. The third kappa shape index (κ3) is 6.58. The lowest BCUT2D eigenvalue weighted by atomic mass is 10.1. The summed E-state index contributed by atoms with van der Waals surface area (Å²) in [5.74, 6) is -1.09. The van der Waals surface area contributed by atoms with Crippen LogP contribution in [0, 0.1) is 19.8 Å². The SMILES string of the molecule is Cc1ccc(-n2nc(C(=O)O)c(C)c2Oc2ccc(NC(=O)CC(C)C)cc2S(=O)(=O)NCc2ccco2)cc1. The molecule has 0 aliphatic heterocycles. The van der Waals surface area contributed by atoms with E-state index in [0.29, 0.717) is 11.4 Å². The topological polar surface area (TPSA) is 153 Å². The standard InChI is InChI=1S/C28H30N4O7S/c1-17(2)14-25(33)30-20-9-12-23(24(15-20)40(36,37)29-16-22-6-5-13-38-22)39-27-19(4)26(28(34)35)31-32(27)21-10-7-18(3)8-11-21/h5-13,15,17,29H,14,16H2,1-4H3,(H,30,33)(H,34,35). The lowest BCUT2D eigenvalue weighted by molar-refractivity contribution is -0.116. The highest BCUT2D eigenvalue weighted by molar-refractivity contribution is 7.89. The van der Waals surface area contributed by atoms with Crippen molar-refractivity contribution in [3.8, 4) is 17.3 Å². The molecule has 0 unspecified atom stereocenters. The van der Waals surface area contributed by atoms with Gasteiger partial charge >= 0.3 is 5.97 Å². The Hall–Kier alpha value is -4.42. The Balaban J connectivity index is 1.78. The van der Waals surface area contributed by atoms with Crippen LogP contribution in [0.15, 0.2) is 70.2 Å². The number of aromatic nitrogens is 2. The molecule has 3 N–H and O–H groups in total. The van der Waals surface area contributed by atoms with E-state index >= 15 is 0 Å². The molecular formula is C28H30N4O7S. The summed E-state index contributed by atoms with van der Waals surface area (Å²) in [6, 6.07) is 14.6. The largest absolute Gasteiger partial charge is 0.476 e. The van der Waals surface area contributed by atoms with Gasteiger partial charge in [-0.1, -0.05) is 31.5 Å². The van der Waals surface area contributed by atoms with Crippen molar-refractivity contribution < 1.29 is 32.3 Å². The summed E-state index contributed by atoms with van der Waals surface area (Å²) in [4.78, 5) is 24.0. The number of carboxylic acid groups (broad SMARTS) is 1. The van der Waals surface area contributed by atoms with E-state index < -0.39 is 16.0 Å². The molecule has 4 aromatic rings. The Morgan fingerprint density at radius 2 is 1.82 bits per heavy atom. The second-order valence-corrected chi connectivity index (χ2v) is 11.4. The number of carbonyl (C=O) groups is 2. The first kappa shape index (κ1) is 28.6. The Bertz CT molecular complexity index is 1620. The average molecular weight is 567 g/mol. The minimum absolute atomic E-state index is 0.0281. The summed E-state index contributed by atoms with van der Waals surface area (Å²) >= 11 is 0. The number of nitrogens with one attached hydrogen (secondary N) is 2. The van der Waals surface area contributed by atoms with Gasteiger partial charge in [-0.05, 0) is 62.2 Å². The highest BCUT2D eigenvalue weighted by atomic mass is 32.2. The van der Waals surface area contributed by atoms with Crippen LogP contribution in [-0.4, -0.2) is 35.2 Å². The fourth-order valence-corrected chi connectivity index (χ4v) is 5.03. The molecule has 40 heavy (non-hydrogen) atoms. The van der Waals surface area contributed by atoms with Gasteiger partial charge in [-0.2, -0.15) is 9.78 Å². The number of rotatable bonds is 11. The van der Waals surface area contributed by atoms with Crippen LogP contribution in [0.3, 0.4) is 0 Å². The molecule has 1 amide bonds. The molecule has 0 spiro atoms. The molecule has 2 aromatic heterocycles. The molecule has 0 saturated heterocycles. The van der Waals surface area contributed by atoms with Gasteiger partial charge in [0.05, 0.1) is 18.5 Å². The van der Waals surface area contributed by atoms with Gasteiger partial charge in [-0.15, -0.1) is 0 Å². The predicted octanol–water partition coefficient (Wildman–Crippen LogP) is 5.04. The normalized spacial score (nSPS) is 11.5. The van der Waals surface area contributed by atoms with Crippen LogP contribution in [-0.2, 0) is 21.4 Å². The fraction of sp³-hybridized carbons (Fsp3) is 0.250. The highest BCUT2D eigenvalue weighted by Gasteiger charge is 2.26. The number of carboxylic acids is 1. The lowest BCUT2D eigenvalue weighted by Crippen LogP contribution is -2.24. The number of furan rings is 1. The Morgan fingerprint density at radius 1 is 1.10 bits per heavy atom. The van der Waals surface area contributed by atoms with Gasteiger partial charge in [-0.3, -0.25) is 4.79 Å². The van der Waals surface area contributed by atoms with Crippen LogP contribution in [0.2, 0.25) is 0 Å². The first-order valence-corrected chi connectivity index (χ1v) is 14.0. The van der Waals surface area contributed by atoms with Crippen LogP contribution >= 0.6 is 0 Å². The number of benzene rings is 2. The van der Waals surface area contributed by atoms with Gasteiger partial charge in [0.25, 0.3) is 0 Å². The molecule has 0 aliphatic carbocycles. The van der Waals surface area contributed by atoms with E-state index in [9.17, 15) is 23.1 Å². The van der Waals surface area contributed by atoms with E-state index in [1.165, 1.54) is 36.1 Å². The van der Waals surface area contributed by atoms with E-state index in [1.54, 1.807) is 24.3 Å². The summed E-state index contributed by atoms with van der Waals surface area (Å²) in [6.07, 6.45) is 1.68. The van der Waals surface area contributed by atoms with Crippen molar-refractivity contribution in [2.24, 2.45) is 5.92 Å². The van der Waals surface area contributed by atoms with Crippen LogP contribution in [0.4, 0.5) is 5.69 Å². The van der Waals surface area contributed by atoms with Crippen LogP contribution in [0.25, 0.3) is 5.69 Å². The number of hydrogen-bond donors (Lipinski definition) is 3. The third-order valence-electron chi connectivity index (χ3n) is 5.88. The lowest BCUT2D eigenvalue weighted by Gasteiger charge is -2.16. The van der Waals surface area contributed by atoms with Crippen LogP contribution < -0.4 is 14.8 Å². The number of nitrogens with zero attached hydrogens (tertiary/aromatic N) is 2. The van der Waals surface area contributed by atoms with Crippen LogP contribution in [0.1, 0.15) is 47.6 Å². The number of carbonyl (C=O) groups excluding carboxylic acids is 1. The number of aryl methyl sites for hydroxylation is 1. The summed E-state index contributed by atoms with van der Waals surface area (Å²) < 4.78 is 42.1. The van der Waals surface area contributed by atoms with E-state index in [-0.39, 0.29) is 58.3 Å². The fourth-order valence-electron chi connectivity index (χ4n) is 3.89. The van der Waals surface area contributed by atoms with Crippen molar-refractivity contribution in [3.05, 3.63) is 83.4 Å². The molecule has 12 heteroatoms. The minimum atomic E-state index is -4.21. The number of sulfonamides is 1. The van der Waals surface area contributed by atoms with E-state index in [1.807, 2.05) is 32.9 Å². The van der Waals surface area contributed by atoms with Gasteiger partial charge < -0.3 is 19.6 Å². The molecule has 11 nitrogen and oxygen atoms in total. The quantitative estimate of drug-likeness (QED) is 0.228. The maximum atomic E-state index is 13.5. The van der Waals surface area contributed by atoms with Crippen LogP contribution in [0.5, 0.6) is 11.6 Å². The van der Waals surface area contributed by atoms with Crippen molar-refractivity contribution in [1.29, 1.82) is 0 Å². The Morgan fingerprint density at radius 3 is 2.45 bits per heavy atom. The molecule has 0 saturated carbocycles. The molecule has 0 aliphatic rings. The molecule has 0 atom stereocenters. The highest BCUT2D eigenvalue weighted by Crippen LogP contribution is 2.35. The van der Waals surface area contributed by atoms with Crippen molar-refractivity contribution in [1.82, 2.24) is 14.5 Å². The van der Waals surface area contributed by atoms with Crippen molar-refractivity contribution in [2.45, 2.75) is 45.6 Å². The number of ether oxygens (including phenoxy) is 1. The second kappa shape index (κ2) is 11.8. The van der Waals surface area contributed by atoms with Gasteiger partial charge in [-0.25, -0.2) is 17.9 Å². The number of aromatic carboxylic acids is 1.